The number of anilines is 1. The molecular formula is C14H12ClNO2S. The number of carbonyl (C=O) groups is 1. The zero-order valence-corrected chi connectivity index (χ0v) is 11.5. The van der Waals surface area contributed by atoms with Gasteiger partial charge in [0.2, 0.25) is 5.91 Å². The van der Waals surface area contributed by atoms with Crippen LogP contribution in [0.4, 0.5) is 5.69 Å². The maximum absolute atomic E-state index is 11.8. The van der Waals surface area contributed by atoms with Gasteiger partial charge in [0.25, 0.3) is 0 Å². The molecule has 98 valence electrons. The number of para-hydroxylation sites is 1. The molecule has 0 saturated carbocycles. The second-order valence-electron chi connectivity index (χ2n) is 3.79. The number of carbonyl (C=O) groups excluding carboxylic acids is 1. The van der Waals surface area contributed by atoms with Crippen molar-refractivity contribution in [2.24, 2.45) is 0 Å². The highest BCUT2D eigenvalue weighted by Crippen LogP contribution is 2.31. The smallest absolute Gasteiger partial charge is 0.234 e. The summed E-state index contributed by atoms with van der Waals surface area (Å²) < 4.78 is 0. The van der Waals surface area contributed by atoms with Gasteiger partial charge in [-0.3, -0.25) is 4.79 Å². The number of aromatic hydroxyl groups is 1. The van der Waals surface area contributed by atoms with Crippen molar-refractivity contribution in [3.63, 3.8) is 0 Å². The van der Waals surface area contributed by atoms with Crippen molar-refractivity contribution < 1.29 is 9.90 Å². The summed E-state index contributed by atoms with van der Waals surface area (Å²) in [6.07, 6.45) is 0. The molecule has 0 bridgehead atoms. The molecule has 5 heteroatoms. The molecule has 0 saturated heterocycles. The Labute approximate surface area is 120 Å². The van der Waals surface area contributed by atoms with Crippen LogP contribution in [0.15, 0.2) is 53.4 Å². The number of rotatable bonds is 4. The normalized spacial score (nSPS) is 10.2. The van der Waals surface area contributed by atoms with Gasteiger partial charge in [-0.2, -0.15) is 0 Å². The van der Waals surface area contributed by atoms with Crippen molar-refractivity contribution in [1.82, 2.24) is 0 Å². The zero-order chi connectivity index (χ0) is 13.7. The number of hydrogen-bond acceptors (Lipinski definition) is 3. The van der Waals surface area contributed by atoms with Crippen molar-refractivity contribution >= 4 is 35.0 Å². The lowest BCUT2D eigenvalue weighted by atomic mass is 10.3. The molecule has 1 amide bonds. The van der Waals surface area contributed by atoms with Gasteiger partial charge < -0.3 is 10.4 Å². The first-order valence-corrected chi connectivity index (χ1v) is 6.98. The summed E-state index contributed by atoms with van der Waals surface area (Å²) in [6, 6.07) is 14.5. The number of phenolic OH excluding ortho intramolecular Hbond substituents is 1. The third-order valence-corrected chi connectivity index (χ3v) is 3.69. The van der Waals surface area contributed by atoms with E-state index in [1.54, 1.807) is 18.2 Å². The highest BCUT2D eigenvalue weighted by atomic mass is 35.5. The van der Waals surface area contributed by atoms with E-state index in [4.69, 9.17) is 11.6 Å². The zero-order valence-electron chi connectivity index (χ0n) is 9.97. The molecule has 19 heavy (non-hydrogen) atoms. The van der Waals surface area contributed by atoms with E-state index in [1.807, 2.05) is 30.3 Å². The maximum atomic E-state index is 11.8. The Morgan fingerprint density at radius 1 is 1.16 bits per heavy atom. The van der Waals surface area contributed by atoms with Crippen LogP contribution in [0.25, 0.3) is 0 Å². The molecule has 0 unspecified atom stereocenters. The van der Waals surface area contributed by atoms with Crippen molar-refractivity contribution in [3.8, 4) is 5.75 Å². The molecule has 2 rings (SSSR count). The second-order valence-corrected chi connectivity index (χ2v) is 5.24. The van der Waals surface area contributed by atoms with Gasteiger partial charge in [0.1, 0.15) is 0 Å². The van der Waals surface area contributed by atoms with Crippen LogP contribution in [0.1, 0.15) is 0 Å². The molecule has 2 aromatic carbocycles. The van der Waals surface area contributed by atoms with Crippen molar-refractivity contribution in [1.29, 1.82) is 0 Å². The predicted molar refractivity (Wildman–Crippen MR) is 78.9 cm³/mol. The van der Waals surface area contributed by atoms with Crippen LogP contribution in [-0.2, 0) is 4.79 Å². The SMILES string of the molecule is O=C(CSc1ccccc1)Nc1cccc(Cl)c1O. The summed E-state index contributed by atoms with van der Waals surface area (Å²) >= 11 is 7.19. The quantitative estimate of drug-likeness (QED) is 0.666. The van der Waals surface area contributed by atoms with Gasteiger partial charge in [-0.05, 0) is 24.3 Å². The summed E-state index contributed by atoms with van der Waals surface area (Å²) in [6.45, 7) is 0. The van der Waals surface area contributed by atoms with Crippen LogP contribution in [0.5, 0.6) is 5.75 Å². The third kappa shape index (κ3) is 3.91. The first kappa shape index (κ1) is 13.8. The van der Waals surface area contributed by atoms with Gasteiger partial charge in [-0.25, -0.2) is 0 Å². The van der Waals surface area contributed by atoms with Gasteiger partial charge >= 0.3 is 0 Å². The fourth-order valence-electron chi connectivity index (χ4n) is 1.47. The molecule has 2 aromatic rings. The van der Waals surface area contributed by atoms with E-state index < -0.39 is 0 Å². The Kier molecular flexibility index (Phi) is 4.71. The van der Waals surface area contributed by atoms with Crippen LogP contribution in [-0.4, -0.2) is 16.8 Å². The molecule has 0 aliphatic carbocycles. The topological polar surface area (TPSA) is 49.3 Å². The molecule has 0 heterocycles. The average Bonchev–Trinajstić information content (AvgIpc) is 2.43. The average molecular weight is 294 g/mol. The number of phenols is 1. The van der Waals surface area contributed by atoms with Gasteiger partial charge in [-0.15, -0.1) is 11.8 Å². The number of amides is 1. The van der Waals surface area contributed by atoms with Gasteiger partial charge in [0.15, 0.2) is 5.75 Å². The second kappa shape index (κ2) is 6.50. The van der Waals surface area contributed by atoms with Crippen molar-refractivity contribution in [2.75, 3.05) is 11.1 Å². The third-order valence-electron chi connectivity index (χ3n) is 2.37. The largest absolute Gasteiger partial charge is 0.504 e. The number of hydrogen-bond donors (Lipinski definition) is 2. The Morgan fingerprint density at radius 2 is 1.89 bits per heavy atom. The monoisotopic (exact) mass is 293 g/mol. The van der Waals surface area contributed by atoms with Crippen LogP contribution in [0.2, 0.25) is 5.02 Å². The van der Waals surface area contributed by atoms with E-state index in [0.29, 0.717) is 5.69 Å². The summed E-state index contributed by atoms with van der Waals surface area (Å²) in [5, 5.41) is 12.5. The van der Waals surface area contributed by atoms with E-state index in [1.165, 1.54) is 11.8 Å². The number of nitrogens with one attached hydrogen (secondary N) is 1. The summed E-state index contributed by atoms with van der Waals surface area (Å²) in [4.78, 5) is 12.8. The molecule has 0 atom stereocenters. The van der Waals surface area contributed by atoms with Crippen LogP contribution >= 0.6 is 23.4 Å². The number of halogens is 1. The highest BCUT2D eigenvalue weighted by molar-refractivity contribution is 8.00. The Balaban J connectivity index is 1.93. The molecule has 0 spiro atoms. The number of benzene rings is 2. The molecule has 3 nitrogen and oxygen atoms in total. The fraction of sp³-hybridized carbons (Fsp3) is 0.0714. The van der Waals surface area contributed by atoms with Crippen LogP contribution in [0, 0.1) is 0 Å². The lowest BCUT2D eigenvalue weighted by Crippen LogP contribution is -2.14. The first-order valence-electron chi connectivity index (χ1n) is 5.62. The summed E-state index contributed by atoms with van der Waals surface area (Å²) in [7, 11) is 0. The van der Waals surface area contributed by atoms with E-state index in [0.717, 1.165) is 4.90 Å². The predicted octanol–water partition coefficient (Wildman–Crippen LogP) is 3.78. The first-order chi connectivity index (χ1) is 9.16. The van der Waals surface area contributed by atoms with Crippen molar-refractivity contribution in [3.05, 3.63) is 53.6 Å². The Morgan fingerprint density at radius 3 is 2.63 bits per heavy atom. The van der Waals surface area contributed by atoms with Crippen molar-refractivity contribution in [2.45, 2.75) is 4.90 Å². The Hall–Kier alpha value is -1.65. The van der Waals surface area contributed by atoms with E-state index in [9.17, 15) is 9.90 Å². The Bertz CT molecular complexity index is 575. The molecule has 0 aromatic heterocycles. The van der Waals surface area contributed by atoms with E-state index >= 15 is 0 Å². The standard InChI is InChI=1S/C14H12ClNO2S/c15-11-7-4-8-12(14(11)18)16-13(17)9-19-10-5-2-1-3-6-10/h1-8,18H,9H2,(H,16,17). The minimum Gasteiger partial charge on any atom is -0.504 e. The summed E-state index contributed by atoms with van der Waals surface area (Å²) in [5.74, 6) is -0.0238. The fourth-order valence-corrected chi connectivity index (χ4v) is 2.36. The van der Waals surface area contributed by atoms with E-state index in [-0.39, 0.29) is 22.4 Å². The lowest BCUT2D eigenvalue weighted by molar-refractivity contribution is -0.113. The molecule has 0 fully saturated rings. The minimum absolute atomic E-state index is 0.109. The molecule has 0 aliphatic rings. The van der Waals surface area contributed by atoms with Gasteiger partial charge in [0.05, 0.1) is 16.5 Å². The minimum atomic E-state index is -0.189. The van der Waals surface area contributed by atoms with Crippen LogP contribution < -0.4 is 5.32 Å². The maximum Gasteiger partial charge on any atom is 0.234 e. The molecule has 0 aliphatic heterocycles. The van der Waals surface area contributed by atoms with Gasteiger partial charge in [0, 0.05) is 4.90 Å². The highest BCUT2D eigenvalue weighted by Gasteiger charge is 2.09. The van der Waals surface area contributed by atoms with Crippen LogP contribution in [0.3, 0.4) is 0 Å². The molecule has 0 radical (unpaired) electrons. The summed E-state index contributed by atoms with van der Waals surface area (Å²) in [5.41, 5.74) is 0.325. The van der Waals surface area contributed by atoms with E-state index in [2.05, 4.69) is 5.32 Å². The molecule has 2 N–H and O–H groups in total. The lowest BCUT2D eigenvalue weighted by Gasteiger charge is -2.08. The number of thioether (sulfide) groups is 1. The van der Waals surface area contributed by atoms with Gasteiger partial charge in [-0.1, -0.05) is 35.9 Å². The molecular weight excluding hydrogens is 282 g/mol.